The monoisotopic (exact) mass is 430 g/mol. The van der Waals surface area contributed by atoms with Crippen molar-refractivity contribution in [1.82, 2.24) is 9.55 Å². The highest BCUT2D eigenvalue weighted by Gasteiger charge is 2.34. The third-order valence-electron chi connectivity index (χ3n) is 4.06. The number of aromatic amines is 1. The Hall–Kier alpha value is -3.03. The number of hydrogen-bond donors (Lipinski definition) is 1. The molecule has 0 aliphatic rings. The largest absolute Gasteiger partial charge is 0.332 e. The molecule has 2 aromatic carbocycles. The molecule has 1 aromatic heterocycles. The quantitative estimate of drug-likeness (QED) is 0.638. The minimum Gasteiger partial charge on any atom is -0.273 e. The van der Waals surface area contributed by atoms with Crippen LogP contribution in [0, 0.1) is 22.7 Å². The number of rotatable bonds is 3. The summed E-state index contributed by atoms with van der Waals surface area (Å²) in [5.74, 6) is 0. The van der Waals surface area contributed by atoms with Gasteiger partial charge in [-0.05, 0) is 29.8 Å². The van der Waals surface area contributed by atoms with Crippen molar-refractivity contribution in [3.05, 3.63) is 96.2 Å². The normalized spacial score (nSPS) is 12.6. The topological polar surface area (TPSA) is 102 Å². The predicted molar refractivity (Wildman–Crippen MR) is 106 cm³/mol. The summed E-state index contributed by atoms with van der Waals surface area (Å²) < 4.78 is 1.07. The molecule has 0 radical (unpaired) electrons. The number of nitriles is 2. The van der Waals surface area contributed by atoms with Gasteiger partial charge in [0.15, 0.2) is 4.87 Å². The van der Waals surface area contributed by atoms with E-state index in [0.29, 0.717) is 21.8 Å². The average Bonchev–Trinajstić information content (AvgIpc) is 2.68. The van der Waals surface area contributed by atoms with E-state index in [2.05, 4.69) is 4.98 Å². The minimum atomic E-state index is -1.58. The van der Waals surface area contributed by atoms with E-state index in [4.69, 9.17) is 40.1 Å². The lowest BCUT2D eigenvalue weighted by Gasteiger charge is -2.22. The van der Waals surface area contributed by atoms with Crippen molar-refractivity contribution in [1.29, 1.82) is 10.5 Å². The summed E-state index contributed by atoms with van der Waals surface area (Å²) in [6.07, 6.45) is 1.12. The molecule has 1 N–H and O–H groups in total. The van der Waals surface area contributed by atoms with Gasteiger partial charge in [-0.2, -0.15) is 10.5 Å². The lowest BCUT2D eigenvalue weighted by molar-refractivity contribution is 0.883. The first kappa shape index (κ1) is 19.7. The predicted octanol–water partition coefficient (Wildman–Crippen LogP) is 3.71. The van der Waals surface area contributed by atoms with Gasteiger partial charge in [0.1, 0.15) is 11.6 Å². The van der Waals surface area contributed by atoms with E-state index in [1.54, 1.807) is 30.3 Å². The van der Waals surface area contributed by atoms with Gasteiger partial charge in [0, 0.05) is 21.8 Å². The van der Waals surface area contributed by atoms with Gasteiger partial charge in [-0.25, -0.2) is 4.79 Å². The van der Waals surface area contributed by atoms with Gasteiger partial charge in [0.25, 0.3) is 5.56 Å². The third kappa shape index (κ3) is 3.42. The summed E-state index contributed by atoms with van der Waals surface area (Å²) in [7, 11) is 0. The SMILES string of the molecule is N#Cc1cn(-c2ccc(C(Cl)(C#N)c3ccc(Cl)cc3)c(Cl)c2)c(=O)[nH]c1=O. The molecule has 0 spiro atoms. The molecular weight excluding hydrogens is 423 g/mol. The fraction of sp³-hybridized carbons (Fsp3) is 0.0526. The van der Waals surface area contributed by atoms with E-state index in [-0.39, 0.29) is 10.6 Å². The lowest BCUT2D eigenvalue weighted by atomic mass is 9.91. The van der Waals surface area contributed by atoms with Gasteiger partial charge in [-0.15, -0.1) is 0 Å². The smallest absolute Gasteiger partial charge is 0.273 e. The van der Waals surface area contributed by atoms with Crippen molar-refractivity contribution in [3.63, 3.8) is 0 Å². The molecule has 9 heteroatoms. The van der Waals surface area contributed by atoms with Crippen LogP contribution >= 0.6 is 34.8 Å². The molecule has 0 aliphatic heterocycles. The molecule has 3 aromatic rings. The summed E-state index contributed by atoms with van der Waals surface area (Å²) in [5, 5.41) is 19.3. The number of aromatic nitrogens is 2. The zero-order valence-corrected chi connectivity index (χ0v) is 16.2. The molecule has 1 heterocycles. The molecule has 138 valence electrons. The molecule has 0 saturated carbocycles. The van der Waals surface area contributed by atoms with E-state index in [0.717, 1.165) is 10.8 Å². The summed E-state index contributed by atoms with van der Waals surface area (Å²) in [5.41, 5.74) is -0.670. The number of benzene rings is 2. The Morgan fingerprint density at radius 1 is 1.04 bits per heavy atom. The highest BCUT2D eigenvalue weighted by molar-refractivity contribution is 6.35. The van der Waals surface area contributed by atoms with Crippen molar-refractivity contribution in [2.24, 2.45) is 0 Å². The second kappa shape index (κ2) is 7.53. The molecule has 0 amide bonds. The Bertz CT molecular complexity index is 1270. The van der Waals surface area contributed by atoms with Crippen LogP contribution in [0.15, 0.2) is 58.3 Å². The number of nitrogens with zero attached hydrogens (tertiary/aromatic N) is 3. The van der Waals surface area contributed by atoms with Gasteiger partial charge in [0.2, 0.25) is 0 Å². The molecule has 1 unspecified atom stereocenters. The van der Waals surface area contributed by atoms with E-state index in [1.807, 2.05) is 6.07 Å². The number of hydrogen-bond acceptors (Lipinski definition) is 4. The van der Waals surface area contributed by atoms with Gasteiger partial charge < -0.3 is 0 Å². The van der Waals surface area contributed by atoms with E-state index < -0.39 is 16.1 Å². The van der Waals surface area contributed by atoms with Crippen LogP contribution in [0.25, 0.3) is 5.69 Å². The highest BCUT2D eigenvalue weighted by atomic mass is 35.5. The summed E-state index contributed by atoms with van der Waals surface area (Å²) in [6.45, 7) is 0. The van der Waals surface area contributed by atoms with Gasteiger partial charge in [-0.1, -0.05) is 53.0 Å². The maximum atomic E-state index is 12.1. The maximum absolute atomic E-state index is 12.1. The van der Waals surface area contributed by atoms with E-state index in [1.165, 1.54) is 18.2 Å². The first-order valence-corrected chi connectivity index (χ1v) is 8.86. The molecule has 3 rings (SSSR count). The van der Waals surface area contributed by atoms with Gasteiger partial charge >= 0.3 is 5.69 Å². The minimum absolute atomic E-state index is 0.126. The zero-order valence-electron chi connectivity index (χ0n) is 13.9. The van der Waals surface area contributed by atoms with Gasteiger partial charge in [-0.3, -0.25) is 14.3 Å². The molecule has 28 heavy (non-hydrogen) atoms. The van der Waals surface area contributed by atoms with Crippen molar-refractivity contribution < 1.29 is 0 Å². The molecule has 6 nitrogen and oxygen atoms in total. The third-order valence-corrected chi connectivity index (χ3v) is 5.13. The Balaban J connectivity index is 2.15. The van der Waals surface area contributed by atoms with Crippen LogP contribution in [0.5, 0.6) is 0 Å². The van der Waals surface area contributed by atoms with Crippen LogP contribution in [0.3, 0.4) is 0 Å². The second-order valence-corrected chi connectivity index (χ2v) is 7.14. The van der Waals surface area contributed by atoms with Crippen molar-refractivity contribution in [2.45, 2.75) is 4.87 Å². The fourth-order valence-electron chi connectivity index (χ4n) is 2.64. The Morgan fingerprint density at radius 3 is 2.29 bits per heavy atom. The number of alkyl halides is 1. The second-order valence-electron chi connectivity index (χ2n) is 5.73. The van der Waals surface area contributed by atoms with Crippen LogP contribution in [0.2, 0.25) is 10.0 Å². The Kier molecular flexibility index (Phi) is 5.31. The summed E-state index contributed by atoms with van der Waals surface area (Å²) in [4.78, 5) is 24.1. The first-order chi connectivity index (χ1) is 13.3. The van der Waals surface area contributed by atoms with E-state index >= 15 is 0 Å². The standard InChI is InChI=1S/C19H9Cl3N4O2/c20-13-3-1-12(2-4-13)19(22,10-24)15-6-5-14(7-16(15)21)26-9-11(8-23)17(27)25-18(26)28/h1-7,9H,(H,25,27,28). The molecule has 0 aliphatic carbocycles. The van der Waals surface area contributed by atoms with Crippen LogP contribution in [-0.2, 0) is 4.87 Å². The average molecular weight is 432 g/mol. The first-order valence-electron chi connectivity index (χ1n) is 7.73. The fourth-order valence-corrected chi connectivity index (χ4v) is 3.42. The number of H-pyrrole nitrogens is 1. The van der Waals surface area contributed by atoms with Crippen LogP contribution in [0.4, 0.5) is 0 Å². The maximum Gasteiger partial charge on any atom is 0.332 e. The van der Waals surface area contributed by atoms with Crippen LogP contribution in [0.1, 0.15) is 16.7 Å². The number of halogens is 3. The molecule has 0 bridgehead atoms. The zero-order chi connectivity index (χ0) is 20.5. The van der Waals surface area contributed by atoms with E-state index in [9.17, 15) is 14.9 Å². The summed E-state index contributed by atoms with van der Waals surface area (Å²) >= 11 is 18.8. The Morgan fingerprint density at radius 2 is 1.71 bits per heavy atom. The molecule has 1 atom stereocenters. The van der Waals surface area contributed by atoms with Crippen molar-refractivity contribution >= 4 is 34.8 Å². The van der Waals surface area contributed by atoms with Crippen molar-refractivity contribution in [3.8, 4) is 17.8 Å². The number of nitrogens with one attached hydrogen (secondary N) is 1. The molecule has 0 saturated heterocycles. The van der Waals surface area contributed by atoms with Crippen molar-refractivity contribution in [2.75, 3.05) is 0 Å². The highest BCUT2D eigenvalue weighted by Crippen LogP contribution is 2.40. The molecule has 0 fully saturated rings. The van der Waals surface area contributed by atoms with Gasteiger partial charge in [0.05, 0.1) is 11.8 Å². The lowest BCUT2D eigenvalue weighted by Crippen LogP contribution is -2.30. The van der Waals surface area contributed by atoms with Crippen LogP contribution in [-0.4, -0.2) is 9.55 Å². The Labute approximate surface area is 173 Å². The summed E-state index contributed by atoms with van der Waals surface area (Å²) in [6, 6.07) is 14.6. The van der Waals surface area contributed by atoms with Crippen LogP contribution < -0.4 is 11.2 Å². The molecular formula is C19H9Cl3N4O2.